The van der Waals surface area contributed by atoms with Crippen LogP contribution in [0.4, 0.5) is 0 Å². The number of hydrogen-bond acceptors (Lipinski definition) is 1. The zero-order chi connectivity index (χ0) is 8.10. The molecule has 0 fully saturated rings. The average Bonchev–Trinajstić information content (AvgIpc) is 2.03. The Bertz CT molecular complexity index is 258. The average molecular weight is 188 g/mol. The van der Waals surface area contributed by atoms with Crippen molar-refractivity contribution >= 4 is 29.3 Å². The van der Waals surface area contributed by atoms with E-state index in [1.807, 2.05) is 24.3 Å². The highest BCUT2D eigenvalue weighted by molar-refractivity contribution is 6.30. The number of pyridine rings is 1. The van der Waals surface area contributed by atoms with Crippen LogP contribution in [-0.2, 0) is 0 Å². The first kappa shape index (κ1) is 8.57. The number of hydrogen-bond donors (Lipinski definition) is 0. The van der Waals surface area contributed by atoms with Crippen molar-refractivity contribution in [2.45, 2.75) is 0 Å². The van der Waals surface area contributed by atoms with E-state index in [-0.39, 0.29) is 0 Å². The molecular weight excluding hydrogens is 181 g/mol. The molecule has 1 nitrogen and oxygen atoms in total. The standard InChI is InChI=1S/C8H7Cl2N/c9-5-1-3-7-4-2-6-11-8(7)10/h1-4,6H,5H2. The Morgan fingerprint density at radius 3 is 3.00 bits per heavy atom. The van der Waals surface area contributed by atoms with Gasteiger partial charge in [-0.15, -0.1) is 11.6 Å². The van der Waals surface area contributed by atoms with Gasteiger partial charge in [0.25, 0.3) is 0 Å². The first-order valence-electron chi connectivity index (χ1n) is 3.17. The van der Waals surface area contributed by atoms with Gasteiger partial charge in [0.1, 0.15) is 5.15 Å². The number of alkyl halides is 1. The molecule has 0 saturated carbocycles. The predicted octanol–water partition coefficient (Wildman–Crippen LogP) is 2.99. The highest BCUT2D eigenvalue weighted by Gasteiger charge is 1.92. The van der Waals surface area contributed by atoms with Gasteiger partial charge in [0.2, 0.25) is 0 Å². The van der Waals surface area contributed by atoms with Crippen LogP contribution < -0.4 is 0 Å². The van der Waals surface area contributed by atoms with E-state index in [1.165, 1.54) is 0 Å². The van der Waals surface area contributed by atoms with E-state index in [0.29, 0.717) is 11.0 Å². The minimum absolute atomic E-state index is 0.491. The summed E-state index contributed by atoms with van der Waals surface area (Å²) in [5.41, 5.74) is 0.898. The van der Waals surface area contributed by atoms with Crippen molar-refractivity contribution in [1.82, 2.24) is 4.98 Å². The summed E-state index contributed by atoms with van der Waals surface area (Å²) in [5, 5.41) is 0.508. The minimum Gasteiger partial charge on any atom is -0.244 e. The van der Waals surface area contributed by atoms with Gasteiger partial charge in [0.05, 0.1) is 0 Å². The molecule has 0 saturated heterocycles. The van der Waals surface area contributed by atoms with Gasteiger partial charge in [-0.3, -0.25) is 0 Å². The fourth-order valence-corrected chi connectivity index (χ4v) is 0.966. The summed E-state index contributed by atoms with van der Waals surface area (Å²) >= 11 is 11.2. The van der Waals surface area contributed by atoms with E-state index in [2.05, 4.69) is 4.98 Å². The molecule has 0 aliphatic heterocycles. The van der Waals surface area contributed by atoms with Crippen LogP contribution >= 0.6 is 23.2 Å². The van der Waals surface area contributed by atoms with E-state index in [1.54, 1.807) is 6.20 Å². The van der Waals surface area contributed by atoms with Gasteiger partial charge < -0.3 is 0 Å². The molecule has 3 heteroatoms. The van der Waals surface area contributed by atoms with E-state index in [9.17, 15) is 0 Å². The molecule has 0 aromatic carbocycles. The Labute approximate surface area is 75.7 Å². The van der Waals surface area contributed by atoms with Crippen LogP contribution in [-0.4, -0.2) is 10.9 Å². The van der Waals surface area contributed by atoms with Gasteiger partial charge in [-0.1, -0.05) is 29.8 Å². The molecule has 1 rings (SSSR count). The minimum atomic E-state index is 0.491. The predicted molar refractivity (Wildman–Crippen MR) is 49.0 cm³/mol. The second kappa shape index (κ2) is 4.37. The Morgan fingerprint density at radius 2 is 2.36 bits per heavy atom. The summed E-state index contributed by atoms with van der Waals surface area (Å²) in [6.07, 6.45) is 5.33. The molecule has 1 aromatic rings. The number of aromatic nitrogens is 1. The van der Waals surface area contributed by atoms with E-state index >= 15 is 0 Å². The number of halogens is 2. The molecule has 11 heavy (non-hydrogen) atoms. The molecule has 0 atom stereocenters. The third-order valence-corrected chi connectivity index (χ3v) is 1.67. The smallest absolute Gasteiger partial charge is 0.136 e. The molecule has 0 aliphatic carbocycles. The Morgan fingerprint density at radius 1 is 1.55 bits per heavy atom. The van der Waals surface area contributed by atoms with Crippen molar-refractivity contribution in [2.75, 3.05) is 5.88 Å². The number of allylic oxidation sites excluding steroid dienone is 1. The molecule has 0 aliphatic rings. The van der Waals surface area contributed by atoms with Crippen molar-refractivity contribution < 1.29 is 0 Å². The highest BCUT2D eigenvalue weighted by atomic mass is 35.5. The first-order chi connectivity index (χ1) is 5.34. The SMILES string of the molecule is ClCC=Cc1cccnc1Cl. The summed E-state index contributed by atoms with van der Waals surface area (Å²) in [4.78, 5) is 3.90. The van der Waals surface area contributed by atoms with E-state index in [0.717, 1.165) is 5.56 Å². The maximum Gasteiger partial charge on any atom is 0.136 e. The van der Waals surface area contributed by atoms with Gasteiger partial charge >= 0.3 is 0 Å². The monoisotopic (exact) mass is 187 g/mol. The number of nitrogens with zero attached hydrogens (tertiary/aromatic N) is 1. The second-order valence-electron chi connectivity index (χ2n) is 1.94. The molecule has 0 N–H and O–H groups in total. The number of rotatable bonds is 2. The lowest BCUT2D eigenvalue weighted by Gasteiger charge is -1.93. The van der Waals surface area contributed by atoms with Crippen LogP contribution in [0.5, 0.6) is 0 Å². The van der Waals surface area contributed by atoms with Gasteiger partial charge in [0.15, 0.2) is 0 Å². The maximum atomic E-state index is 5.75. The van der Waals surface area contributed by atoms with Crippen LogP contribution in [0, 0.1) is 0 Å². The van der Waals surface area contributed by atoms with Gasteiger partial charge in [0, 0.05) is 17.6 Å². The van der Waals surface area contributed by atoms with Crippen LogP contribution in [0.15, 0.2) is 24.4 Å². The lowest BCUT2D eigenvalue weighted by atomic mass is 10.3. The van der Waals surface area contributed by atoms with Crippen molar-refractivity contribution in [3.8, 4) is 0 Å². The summed E-state index contributed by atoms with van der Waals surface area (Å²) in [7, 11) is 0. The van der Waals surface area contributed by atoms with Gasteiger partial charge in [-0.2, -0.15) is 0 Å². The van der Waals surface area contributed by atoms with Crippen molar-refractivity contribution in [1.29, 1.82) is 0 Å². The lowest BCUT2D eigenvalue weighted by Crippen LogP contribution is -1.78. The van der Waals surface area contributed by atoms with Crippen LogP contribution in [0.25, 0.3) is 6.08 Å². The van der Waals surface area contributed by atoms with Crippen molar-refractivity contribution in [2.24, 2.45) is 0 Å². The van der Waals surface area contributed by atoms with Crippen LogP contribution in [0.3, 0.4) is 0 Å². The second-order valence-corrected chi connectivity index (χ2v) is 2.61. The molecule has 1 heterocycles. The Hall–Kier alpha value is -0.530. The Kier molecular flexibility index (Phi) is 3.40. The molecular formula is C8H7Cl2N. The molecule has 0 spiro atoms. The summed E-state index contributed by atoms with van der Waals surface area (Å²) < 4.78 is 0. The zero-order valence-electron chi connectivity index (χ0n) is 5.80. The Balaban J connectivity index is 2.86. The fraction of sp³-hybridized carbons (Fsp3) is 0.125. The largest absolute Gasteiger partial charge is 0.244 e. The molecule has 58 valence electrons. The summed E-state index contributed by atoms with van der Waals surface area (Å²) in [5.74, 6) is 0.491. The van der Waals surface area contributed by atoms with Gasteiger partial charge in [-0.05, 0) is 6.07 Å². The summed E-state index contributed by atoms with van der Waals surface area (Å²) in [6, 6.07) is 3.72. The van der Waals surface area contributed by atoms with Crippen LogP contribution in [0.1, 0.15) is 5.56 Å². The fourth-order valence-electron chi connectivity index (χ4n) is 0.694. The van der Waals surface area contributed by atoms with Crippen LogP contribution in [0.2, 0.25) is 5.15 Å². The van der Waals surface area contributed by atoms with Gasteiger partial charge in [-0.25, -0.2) is 4.98 Å². The zero-order valence-corrected chi connectivity index (χ0v) is 7.31. The quantitative estimate of drug-likeness (QED) is 0.513. The lowest BCUT2D eigenvalue weighted by molar-refractivity contribution is 1.32. The third-order valence-electron chi connectivity index (χ3n) is 1.17. The maximum absolute atomic E-state index is 5.75. The first-order valence-corrected chi connectivity index (χ1v) is 4.09. The molecule has 0 radical (unpaired) electrons. The topological polar surface area (TPSA) is 12.9 Å². The van der Waals surface area contributed by atoms with Crippen molar-refractivity contribution in [3.63, 3.8) is 0 Å². The van der Waals surface area contributed by atoms with Crippen molar-refractivity contribution in [3.05, 3.63) is 35.1 Å². The molecule has 0 amide bonds. The third kappa shape index (κ3) is 2.52. The summed E-state index contributed by atoms with van der Waals surface area (Å²) in [6.45, 7) is 0. The highest BCUT2D eigenvalue weighted by Crippen LogP contribution is 2.12. The molecule has 0 bridgehead atoms. The molecule has 0 unspecified atom stereocenters. The van der Waals surface area contributed by atoms with E-state index in [4.69, 9.17) is 23.2 Å². The molecule has 1 aromatic heterocycles. The normalized spacial score (nSPS) is 10.7. The van der Waals surface area contributed by atoms with E-state index < -0.39 is 0 Å².